The monoisotopic (exact) mass is 508 g/mol. The molecule has 3 fully saturated rings. The van der Waals surface area contributed by atoms with Crippen LogP contribution >= 0.6 is 23.5 Å². The molecule has 176 valence electrons. The Kier molecular flexibility index (Phi) is 8.48. The molecule has 0 saturated carbocycles. The molecule has 4 rings (SSSR count). The number of β-lactam (4-membered cyclic amide) rings is 1. The number of amides is 3. The van der Waals surface area contributed by atoms with Crippen LogP contribution in [-0.2, 0) is 23.9 Å². The SMILES string of the molecule is CC(O)C1C(=O)N2C(C(=O)[O-])=C(SC3COC(CSC4NC(=O)C(=O)NN4C)C3)C(C)C12.[Na+]. The van der Waals surface area contributed by atoms with E-state index in [4.69, 9.17) is 4.74 Å². The molecule has 4 aliphatic heterocycles. The molecule has 14 heteroatoms. The van der Waals surface area contributed by atoms with Gasteiger partial charge in [-0.05, 0) is 13.3 Å². The van der Waals surface area contributed by atoms with Crippen molar-refractivity contribution in [1.29, 1.82) is 0 Å². The van der Waals surface area contributed by atoms with Crippen LogP contribution in [0.1, 0.15) is 20.3 Å². The third-order valence-corrected chi connectivity index (χ3v) is 8.96. The number of carbonyl (C=O) groups is 4. The zero-order valence-corrected chi connectivity index (χ0v) is 22.4. The fraction of sp³-hybridized carbons (Fsp3) is 0.684. The molecule has 3 N–H and O–H groups in total. The first kappa shape index (κ1) is 26.8. The zero-order chi connectivity index (χ0) is 23.3. The second-order valence-corrected chi connectivity index (χ2v) is 10.9. The number of aliphatic carboxylic acids is 1. The number of carbonyl (C=O) groups excluding carboxylic acids is 4. The number of thioether (sulfide) groups is 2. The summed E-state index contributed by atoms with van der Waals surface area (Å²) in [5.74, 6) is -3.41. The van der Waals surface area contributed by atoms with Crippen LogP contribution in [-0.4, -0.2) is 87.1 Å². The van der Waals surface area contributed by atoms with Crippen molar-refractivity contribution in [2.45, 2.75) is 49.3 Å². The molecule has 3 amide bonds. The standard InChI is InChI=1S/C19H26N4O7S2.Na/c1-7-12-11(8(2)24)17(27)23(12)13(18(28)29)14(7)32-10-4-9(30-5-10)6-31-19-20-15(25)16(26)21-22(19)3;/h7-12,19,24H,4-6H2,1-3H3,(H,20,25)(H,21,26)(H,28,29);/q;+1/p-1. The van der Waals surface area contributed by atoms with Gasteiger partial charge in [-0.3, -0.25) is 19.8 Å². The maximum Gasteiger partial charge on any atom is 1.00 e. The molecule has 0 spiro atoms. The minimum atomic E-state index is -1.39. The third-order valence-electron chi connectivity index (χ3n) is 6.17. The second kappa shape index (κ2) is 10.4. The summed E-state index contributed by atoms with van der Waals surface area (Å²) < 4.78 is 5.86. The molecule has 33 heavy (non-hydrogen) atoms. The van der Waals surface area contributed by atoms with Crippen LogP contribution in [0.4, 0.5) is 0 Å². The van der Waals surface area contributed by atoms with E-state index in [9.17, 15) is 29.4 Å². The van der Waals surface area contributed by atoms with Crippen molar-refractivity contribution in [3.63, 3.8) is 0 Å². The van der Waals surface area contributed by atoms with Gasteiger partial charge in [-0.15, -0.1) is 23.5 Å². The molecule has 7 atom stereocenters. The maximum atomic E-state index is 12.4. The van der Waals surface area contributed by atoms with Crippen molar-refractivity contribution in [3.05, 3.63) is 10.6 Å². The Labute approximate surface area is 221 Å². The Morgan fingerprint density at radius 3 is 2.67 bits per heavy atom. The van der Waals surface area contributed by atoms with Crippen LogP contribution in [0, 0.1) is 11.8 Å². The van der Waals surface area contributed by atoms with Gasteiger partial charge in [-0.25, -0.2) is 0 Å². The van der Waals surface area contributed by atoms with E-state index in [1.807, 2.05) is 6.92 Å². The number of ether oxygens (including phenoxy) is 1. The summed E-state index contributed by atoms with van der Waals surface area (Å²) >= 11 is 2.82. The summed E-state index contributed by atoms with van der Waals surface area (Å²) in [5, 5.41) is 25.9. The van der Waals surface area contributed by atoms with Crippen molar-refractivity contribution in [1.82, 2.24) is 20.7 Å². The smallest absolute Gasteiger partial charge is 0.543 e. The Balaban J connectivity index is 0.00000306. The van der Waals surface area contributed by atoms with Crippen LogP contribution in [0.5, 0.6) is 0 Å². The Bertz CT molecular complexity index is 888. The average molecular weight is 509 g/mol. The molecule has 0 aromatic carbocycles. The number of carboxylic acid groups (broad SMARTS) is 1. The normalized spacial score (nSPS) is 34.9. The molecule has 7 unspecified atom stereocenters. The predicted molar refractivity (Wildman–Crippen MR) is 113 cm³/mol. The van der Waals surface area contributed by atoms with Gasteiger partial charge in [0, 0.05) is 28.9 Å². The van der Waals surface area contributed by atoms with Crippen molar-refractivity contribution < 1.29 is 63.7 Å². The number of aliphatic hydroxyl groups is 1. The van der Waals surface area contributed by atoms with Crippen LogP contribution in [0.15, 0.2) is 10.6 Å². The number of hydrogen-bond donors (Lipinski definition) is 3. The fourth-order valence-electron chi connectivity index (χ4n) is 4.62. The van der Waals surface area contributed by atoms with Gasteiger partial charge >= 0.3 is 41.4 Å². The summed E-state index contributed by atoms with van der Waals surface area (Å²) in [4.78, 5) is 49.0. The first-order valence-corrected chi connectivity index (χ1v) is 12.2. The van der Waals surface area contributed by atoms with Gasteiger partial charge in [0.2, 0.25) is 5.91 Å². The van der Waals surface area contributed by atoms with Crippen molar-refractivity contribution >= 4 is 47.2 Å². The summed E-state index contributed by atoms with van der Waals surface area (Å²) in [5.41, 5.74) is 1.96. The molecule has 0 aromatic rings. The Morgan fingerprint density at radius 2 is 2.03 bits per heavy atom. The Hall–Kier alpha value is -0.800. The molecule has 3 saturated heterocycles. The molecule has 0 radical (unpaired) electrons. The number of hydrazine groups is 1. The van der Waals surface area contributed by atoms with E-state index in [-0.39, 0.29) is 64.5 Å². The van der Waals surface area contributed by atoms with E-state index >= 15 is 0 Å². The molecule has 4 heterocycles. The number of carboxylic acids is 1. The van der Waals surface area contributed by atoms with Crippen LogP contribution < -0.4 is 45.4 Å². The van der Waals surface area contributed by atoms with E-state index in [2.05, 4.69) is 10.7 Å². The summed E-state index contributed by atoms with van der Waals surface area (Å²) in [6.07, 6.45) is -0.283. The number of nitrogens with zero attached hydrogens (tertiary/aromatic N) is 2. The van der Waals surface area contributed by atoms with Crippen LogP contribution in [0.25, 0.3) is 0 Å². The second-order valence-electron chi connectivity index (χ2n) is 8.40. The van der Waals surface area contributed by atoms with Gasteiger partial charge in [-0.1, -0.05) is 6.92 Å². The Morgan fingerprint density at radius 1 is 1.33 bits per heavy atom. The summed E-state index contributed by atoms with van der Waals surface area (Å²) in [6, 6.07) is -0.368. The molecule has 0 bridgehead atoms. The number of rotatable bonds is 7. The number of nitrogens with one attached hydrogen (secondary N) is 2. The predicted octanol–water partition coefficient (Wildman–Crippen LogP) is -5.19. The van der Waals surface area contributed by atoms with E-state index in [1.165, 1.54) is 33.4 Å². The summed E-state index contributed by atoms with van der Waals surface area (Å²) in [6.45, 7) is 3.84. The van der Waals surface area contributed by atoms with Gasteiger partial charge in [0.05, 0.1) is 42.4 Å². The van der Waals surface area contributed by atoms with Crippen molar-refractivity contribution in [2.24, 2.45) is 11.8 Å². The first-order valence-electron chi connectivity index (χ1n) is 10.3. The quantitative estimate of drug-likeness (QED) is 0.173. The van der Waals surface area contributed by atoms with E-state index in [1.54, 1.807) is 14.0 Å². The van der Waals surface area contributed by atoms with E-state index < -0.39 is 35.3 Å². The average Bonchev–Trinajstić information content (AvgIpc) is 3.25. The molecule has 0 aromatic heterocycles. The number of hydrogen-bond acceptors (Lipinski definition) is 10. The van der Waals surface area contributed by atoms with Gasteiger partial charge in [0.1, 0.15) is 5.50 Å². The van der Waals surface area contributed by atoms with E-state index in [0.717, 1.165) is 0 Å². The number of fused-ring (bicyclic) bond motifs is 1. The van der Waals surface area contributed by atoms with Crippen molar-refractivity contribution in [3.8, 4) is 0 Å². The largest absolute Gasteiger partial charge is 1.00 e. The van der Waals surface area contributed by atoms with Gasteiger partial charge < -0.3 is 30.0 Å². The molecule has 4 aliphatic rings. The van der Waals surface area contributed by atoms with Crippen LogP contribution in [0.2, 0.25) is 0 Å². The molecule has 0 aliphatic carbocycles. The summed E-state index contributed by atoms with van der Waals surface area (Å²) in [7, 11) is 1.66. The fourth-order valence-corrected chi connectivity index (χ4v) is 7.18. The van der Waals surface area contributed by atoms with Gasteiger partial charge in [-0.2, -0.15) is 5.01 Å². The van der Waals surface area contributed by atoms with Gasteiger partial charge in [0.15, 0.2) is 0 Å². The first-order chi connectivity index (χ1) is 15.1. The van der Waals surface area contributed by atoms with Crippen LogP contribution in [0.3, 0.4) is 0 Å². The van der Waals surface area contributed by atoms with Gasteiger partial charge in [0.25, 0.3) is 0 Å². The van der Waals surface area contributed by atoms with Crippen molar-refractivity contribution in [2.75, 3.05) is 19.4 Å². The maximum absolute atomic E-state index is 12.4. The zero-order valence-electron chi connectivity index (χ0n) is 18.8. The minimum absolute atomic E-state index is 0. The molecule has 11 nitrogen and oxygen atoms in total. The topological polar surface area (TPSA) is 151 Å². The number of aliphatic hydroxyl groups excluding tert-OH is 1. The van der Waals surface area contributed by atoms with E-state index in [0.29, 0.717) is 23.7 Å². The molecular formula is C19H25N4NaO7S2. The third kappa shape index (κ3) is 4.96. The molecular weight excluding hydrogens is 483 g/mol. The minimum Gasteiger partial charge on any atom is -0.543 e.